The number of amides is 2. The molecule has 148 valence electrons. The SMILES string of the molecule is CCCCOc1ccc(C(C)NC(=O)c2ccc(N3CCCC3=O)cc2)cc1. The van der Waals surface area contributed by atoms with Crippen molar-refractivity contribution >= 4 is 17.5 Å². The van der Waals surface area contributed by atoms with Gasteiger partial charge in [-0.05, 0) is 61.7 Å². The maximum absolute atomic E-state index is 12.6. The van der Waals surface area contributed by atoms with Gasteiger partial charge in [0.05, 0.1) is 12.6 Å². The minimum atomic E-state index is -0.130. The van der Waals surface area contributed by atoms with Gasteiger partial charge in [-0.3, -0.25) is 9.59 Å². The Labute approximate surface area is 166 Å². The first-order chi connectivity index (χ1) is 13.6. The highest BCUT2D eigenvalue weighted by molar-refractivity contribution is 5.97. The zero-order chi connectivity index (χ0) is 19.9. The molecule has 1 aliphatic rings. The number of anilines is 1. The number of rotatable bonds is 8. The van der Waals surface area contributed by atoms with Crippen molar-refractivity contribution in [3.8, 4) is 5.75 Å². The Morgan fingerprint density at radius 1 is 1.14 bits per heavy atom. The van der Waals surface area contributed by atoms with E-state index in [0.717, 1.165) is 49.4 Å². The third-order valence-corrected chi connectivity index (χ3v) is 5.01. The summed E-state index contributed by atoms with van der Waals surface area (Å²) < 4.78 is 5.68. The largest absolute Gasteiger partial charge is 0.494 e. The molecule has 1 heterocycles. The van der Waals surface area contributed by atoms with E-state index in [1.807, 2.05) is 43.3 Å². The molecule has 0 bridgehead atoms. The molecule has 0 saturated carbocycles. The van der Waals surface area contributed by atoms with Crippen LogP contribution in [0.3, 0.4) is 0 Å². The summed E-state index contributed by atoms with van der Waals surface area (Å²) in [6.07, 6.45) is 3.64. The van der Waals surface area contributed by atoms with Gasteiger partial charge in [-0.25, -0.2) is 0 Å². The van der Waals surface area contributed by atoms with Crippen LogP contribution in [-0.2, 0) is 4.79 Å². The number of carbonyl (C=O) groups is 2. The highest BCUT2D eigenvalue weighted by Crippen LogP contribution is 2.22. The molecule has 1 unspecified atom stereocenters. The molecule has 1 fully saturated rings. The van der Waals surface area contributed by atoms with E-state index in [1.165, 1.54) is 0 Å². The van der Waals surface area contributed by atoms with Crippen LogP contribution < -0.4 is 15.0 Å². The minimum absolute atomic E-state index is 0.114. The number of hydrogen-bond acceptors (Lipinski definition) is 3. The molecule has 0 aliphatic carbocycles. The zero-order valence-electron chi connectivity index (χ0n) is 16.6. The fraction of sp³-hybridized carbons (Fsp3) is 0.391. The van der Waals surface area contributed by atoms with E-state index in [-0.39, 0.29) is 17.9 Å². The Balaban J connectivity index is 1.57. The van der Waals surface area contributed by atoms with Crippen molar-refractivity contribution in [2.24, 2.45) is 0 Å². The lowest BCUT2D eigenvalue weighted by atomic mass is 10.1. The van der Waals surface area contributed by atoms with Gasteiger partial charge in [0.25, 0.3) is 5.91 Å². The standard InChI is InChI=1S/C23H28N2O3/c1-3-4-16-28-21-13-9-18(10-14-21)17(2)24-23(27)19-7-11-20(12-8-19)25-15-5-6-22(25)26/h7-14,17H,3-6,15-16H2,1-2H3,(H,24,27). The van der Waals surface area contributed by atoms with E-state index in [9.17, 15) is 9.59 Å². The summed E-state index contributed by atoms with van der Waals surface area (Å²) in [5.41, 5.74) is 2.46. The van der Waals surface area contributed by atoms with E-state index < -0.39 is 0 Å². The highest BCUT2D eigenvalue weighted by atomic mass is 16.5. The van der Waals surface area contributed by atoms with Crippen LogP contribution in [0, 0.1) is 0 Å². The van der Waals surface area contributed by atoms with Gasteiger partial charge in [0.1, 0.15) is 5.75 Å². The third kappa shape index (κ3) is 4.91. The molecule has 1 N–H and O–H groups in total. The van der Waals surface area contributed by atoms with Crippen molar-refractivity contribution in [1.29, 1.82) is 0 Å². The number of benzene rings is 2. The summed E-state index contributed by atoms with van der Waals surface area (Å²) in [5, 5.41) is 3.02. The first kappa shape index (κ1) is 19.9. The maximum atomic E-state index is 12.6. The molecule has 1 aliphatic heterocycles. The lowest BCUT2D eigenvalue weighted by Crippen LogP contribution is -2.27. The summed E-state index contributed by atoms with van der Waals surface area (Å²) in [6.45, 7) is 5.57. The summed E-state index contributed by atoms with van der Waals surface area (Å²) in [7, 11) is 0. The number of ether oxygens (including phenoxy) is 1. The van der Waals surface area contributed by atoms with E-state index >= 15 is 0 Å². The second-order valence-electron chi connectivity index (χ2n) is 7.16. The summed E-state index contributed by atoms with van der Waals surface area (Å²) in [4.78, 5) is 26.2. The van der Waals surface area contributed by atoms with Crippen molar-refractivity contribution in [2.75, 3.05) is 18.1 Å². The second kappa shape index (κ2) is 9.40. The smallest absolute Gasteiger partial charge is 0.251 e. The summed E-state index contributed by atoms with van der Waals surface area (Å²) in [5.74, 6) is 0.866. The third-order valence-electron chi connectivity index (χ3n) is 5.01. The fourth-order valence-corrected chi connectivity index (χ4v) is 3.26. The van der Waals surface area contributed by atoms with Gasteiger partial charge in [0.2, 0.25) is 5.91 Å². The van der Waals surface area contributed by atoms with Gasteiger partial charge < -0.3 is 15.0 Å². The monoisotopic (exact) mass is 380 g/mol. The predicted octanol–water partition coefficient (Wildman–Crippen LogP) is 4.48. The maximum Gasteiger partial charge on any atom is 0.251 e. The minimum Gasteiger partial charge on any atom is -0.494 e. The predicted molar refractivity (Wildman–Crippen MR) is 111 cm³/mol. The Kier molecular flexibility index (Phi) is 6.69. The lowest BCUT2D eigenvalue weighted by molar-refractivity contribution is -0.117. The lowest BCUT2D eigenvalue weighted by Gasteiger charge is -2.17. The molecular formula is C23H28N2O3. The van der Waals surface area contributed by atoms with Gasteiger partial charge in [-0.1, -0.05) is 25.5 Å². The van der Waals surface area contributed by atoms with Gasteiger partial charge in [-0.2, -0.15) is 0 Å². The number of unbranched alkanes of at least 4 members (excludes halogenated alkanes) is 1. The fourth-order valence-electron chi connectivity index (χ4n) is 3.26. The van der Waals surface area contributed by atoms with Crippen LogP contribution in [0.2, 0.25) is 0 Å². The normalized spacial score (nSPS) is 14.8. The average Bonchev–Trinajstić information content (AvgIpc) is 3.14. The second-order valence-corrected chi connectivity index (χ2v) is 7.16. The van der Waals surface area contributed by atoms with Crippen LogP contribution in [-0.4, -0.2) is 25.0 Å². The molecule has 5 nitrogen and oxygen atoms in total. The molecule has 0 aromatic heterocycles. The molecule has 0 radical (unpaired) electrons. The van der Waals surface area contributed by atoms with Crippen LogP contribution >= 0.6 is 0 Å². The van der Waals surface area contributed by atoms with Crippen LogP contribution in [0.15, 0.2) is 48.5 Å². The molecule has 0 spiro atoms. The Hall–Kier alpha value is -2.82. The van der Waals surface area contributed by atoms with Crippen molar-refractivity contribution in [1.82, 2.24) is 5.32 Å². The van der Waals surface area contributed by atoms with Crippen LogP contribution in [0.5, 0.6) is 5.75 Å². The van der Waals surface area contributed by atoms with Crippen molar-refractivity contribution in [3.05, 3.63) is 59.7 Å². The quantitative estimate of drug-likeness (QED) is 0.687. The van der Waals surface area contributed by atoms with Crippen molar-refractivity contribution in [3.63, 3.8) is 0 Å². The first-order valence-corrected chi connectivity index (χ1v) is 10.0. The first-order valence-electron chi connectivity index (χ1n) is 10.0. The molecule has 2 amide bonds. The van der Waals surface area contributed by atoms with E-state index in [0.29, 0.717) is 12.0 Å². The van der Waals surface area contributed by atoms with Crippen molar-refractivity contribution in [2.45, 2.75) is 45.6 Å². The average molecular weight is 380 g/mol. The van der Waals surface area contributed by atoms with Crippen LogP contribution in [0.1, 0.15) is 61.5 Å². The molecule has 28 heavy (non-hydrogen) atoms. The van der Waals surface area contributed by atoms with E-state index in [4.69, 9.17) is 4.74 Å². The topological polar surface area (TPSA) is 58.6 Å². The molecular weight excluding hydrogens is 352 g/mol. The van der Waals surface area contributed by atoms with Crippen molar-refractivity contribution < 1.29 is 14.3 Å². The van der Waals surface area contributed by atoms with Crippen LogP contribution in [0.4, 0.5) is 5.69 Å². The Morgan fingerprint density at radius 2 is 1.86 bits per heavy atom. The van der Waals surface area contributed by atoms with E-state index in [2.05, 4.69) is 12.2 Å². The van der Waals surface area contributed by atoms with Gasteiger partial charge in [0, 0.05) is 24.2 Å². The Morgan fingerprint density at radius 3 is 2.46 bits per heavy atom. The molecule has 3 rings (SSSR count). The number of carbonyl (C=O) groups excluding carboxylic acids is 2. The summed E-state index contributed by atoms with van der Waals surface area (Å²) in [6, 6.07) is 14.9. The number of nitrogens with one attached hydrogen (secondary N) is 1. The molecule has 1 atom stereocenters. The van der Waals surface area contributed by atoms with Gasteiger partial charge in [0.15, 0.2) is 0 Å². The molecule has 2 aromatic carbocycles. The molecule has 1 saturated heterocycles. The van der Waals surface area contributed by atoms with Gasteiger partial charge in [-0.15, -0.1) is 0 Å². The number of nitrogens with zero attached hydrogens (tertiary/aromatic N) is 1. The van der Waals surface area contributed by atoms with Gasteiger partial charge >= 0.3 is 0 Å². The summed E-state index contributed by atoms with van der Waals surface area (Å²) >= 11 is 0. The Bertz CT molecular complexity index is 800. The molecule has 2 aromatic rings. The van der Waals surface area contributed by atoms with Crippen LogP contribution in [0.25, 0.3) is 0 Å². The zero-order valence-corrected chi connectivity index (χ0v) is 16.6. The molecule has 5 heteroatoms. The highest BCUT2D eigenvalue weighted by Gasteiger charge is 2.21. The van der Waals surface area contributed by atoms with E-state index in [1.54, 1.807) is 17.0 Å². The number of hydrogen-bond donors (Lipinski definition) is 1.